The molecule has 1 aliphatic rings. The minimum absolute atomic E-state index is 0.149. The Balaban J connectivity index is 2.12. The van der Waals surface area contributed by atoms with E-state index in [-0.39, 0.29) is 11.5 Å². The third-order valence-corrected chi connectivity index (χ3v) is 3.62. The highest BCUT2D eigenvalue weighted by Gasteiger charge is 2.33. The lowest BCUT2D eigenvalue weighted by Crippen LogP contribution is -2.29. The molecule has 1 aromatic rings. The Kier molecular flexibility index (Phi) is 4.95. The maximum absolute atomic E-state index is 12.7. The summed E-state index contributed by atoms with van der Waals surface area (Å²) in [5.41, 5.74) is -1.18. The summed E-state index contributed by atoms with van der Waals surface area (Å²) in [6.07, 6.45) is -3.84. The fourth-order valence-corrected chi connectivity index (χ4v) is 2.52. The molecule has 4 nitrogen and oxygen atoms in total. The average Bonchev–Trinajstić information content (AvgIpc) is 2.91. The average molecular weight is 317 g/mol. The van der Waals surface area contributed by atoms with Crippen LogP contribution < -0.4 is 0 Å². The summed E-state index contributed by atoms with van der Waals surface area (Å²) < 4.78 is 43.5. The van der Waals surface area contributed by atoms with Crippen molar-refractivity contribution in [2.24, 2.45) is 5.92 Å². The van der Waals surface area contributed by atoms with Crippen LogP contribution in [0.4, 0.5) is 13.2 Å². The van der Waals surface area contributed by atoms with E-state index in [4.69, 9.17) is 4.74 Å². The molecule has 1 N–H and O–H groups in total. The minimum Gasteiger partial charge on any atom is -0.508 e. The molecule has 7 heteroatoms. The van der Waals surface area contributed by atoms with Gasteiger partial charge in [0, 0.05) is 31.2 Å². The van der Waals surface area contributed by atoms with Gasteiger partial charge in [0.1, 0.15) is 5.75 Å². The van der Waals surface area contributed by atoms with Gasteiger partial charge >= 0.3 is 6.18 Å². The Morgan fingerprint density at radius 2 is 2.14 bits per heavy atom. The number of nitrogens with zero attached hydrogens (tertiary/aromatic N) is 1. The van der Waals surface area contributed by atoms with Crippen molar-refractivity contribution >= 4 is 5.91 Å². The topological polar surface area (TPSA) is 49.8 Å². The molecule has 2 rings (SSSR count). The van der Waals surface area contributed by atoms with E-state index in [0.29, 0.717) is 32.4 Å². The van der Waals surface area contributed by atoms with Crippen molar-refractivity contribution in [2.45, 2.75) is 19.5 Å². The summed E-state index contributed by atoms with van der Waals surface area (Å²) in [7, 11) is 0. The molecule has 0 radical (unpaired) electrons. The molecule has 1 aliphatic heterocycles. The number of amides is 1. The lowest BCUT2D eigenvalue weighted by molar-refractivity contribution is -0.137. The second-order valence-corrected chi connectivity index (χ2v) is 5.33. The van der Waals surface area contributed by atoms with Crippen LogP contribution in [0.2, 0.25) is 0 Å². The predicted molar refractivity (Wildman–Crippen MR) is 73.6 cm³/mol. The first kappa shape index (κ1) is 16.6. The fraction of sp³-hybridized carbons (Fsp3) is 0.533. The quantitative estimate of drug-likeness (QED) is 0.929. The smallest absolute Gasteiger partial charge is 0.416 e. The third-order valence-electron chi connectivity index (χ3n) is 3.62. The van der Waals surface area contributed by atoms with Gasteiger partial charge in [0.05, 0.1) is 12.2 Å². The molecule has 0 aliphatic carbocycles. The van der Waals surface area contributed by atoms with Crippen molar-refractivity contribution in [2.75, 3.05) is 26.3 Å². The van der Waals surface area contributed by atoms with Gasteiger partial charge in [-0.3, -0.25) is 4.79 Å². The molecule has 122 valence electrons. The number of likely N-dealkylation sites (tertiary alicyclic amines) is 1. The standard InChI is InChI=1S/C15H18F3NO3/c1-2-22-9-10-3-4-19(8-10)14(21)11-5-12(15(16,17)18)7-13(20)6-11/h5-7,10,20H,2-4,8-9H2,1H3/t10-/m1/s1. The number of rotatable bonds is 4. The normalized spacial score (nSPS) is 18.7. The third kappa shape index (κ3) is 3.91. The number of ether oxygens (including phenoxy) is 1. The van der Waals surface area contributed by atoms with Crippen molar-refractivity contribution in [1.29, 1.82) is 0 Å². The summed E-state index contributed by atoms with van der Waals surface area (Å²) in [5.74, 6) is -0.869. The number of phenols is 1. The zero-order valence-electron chi connectivity index (χ0n) is 12.2. The maximum Gasteiger partial charge on any atom is 0.416 e. The van der Waals surface area contributed by atoms with E-state index < -0.39 is 23.4 Å². The number of hydrogen-bond donors (Lipinski definition) is 1. The van der Waals surface area contributed by atoms with Gasteiger partial charge in [0.2, 0.25) is 0 Å². The largest absolute Gasteiger partial charge is 0.508 e. The monoisotopic (exact) mass is 317 g/mol. The van der Waals surface area contributed by atoms with Crippen LogP contribution in [0.15, 0.2) is 18.2 Å². The number of hydrogen-bond acceptors (Lipinski definition) is 3. The number of carbonyl (C=O) groups excluding carboxylic acids is 1. The molecular formula is C15H18F3NO3. The van der Waals surface area contributed by atoms with Gasteiger partial charge in [0.25, 0.3) is 5.91 Å². The Morgan fingerprint density at radius 1 is 1.41 bits per heavy atom. The lowest BCUT2D eigenvalue weighted by Gasteiger charge is -2.18. The Bertz CT molecular complexity index is 545. The van der Waals surface area contributed by atoms with Crippen molar-refractivity contribution in [3.05, 3.63) is 29.3 Å². The van der Waals surface area contributed by atoms with Crippen LogP contribution in [0, 0.1) is 5.92 Å². The van der Waals surface area contributed by atoms with Gasteiger partial charge in [-0.1, -0.05) is 0 Å². The number of alkyl halides is 3. The summed E-state index contributed by atoms with van der Waals surface area (Å²) in [4.78, 5) is 13.8. The van der Waals surface area contributed by atoms with Crippen LogP contribution in [0.5, 0.6) is 5.75 Å². The molecule has 0 aromatic heterocycles. The van der Waals surface area contributed by atoms with Crippen LogP contribution in [0.1, 0.15) is 29.3 Å². The predicted octanol–water partition coefficient (Wildman–Crippen LogP) is 2.91. The zero-order valence-corrected chi connectivity index (χ0v) is 12.2. The van der Waals surface area contributed by atoms with Crippen LogP contribution in [0.25, 0.3) is 0 Å². The van der Waals surface area contributed by atoms with Gasteiger partial charge in [-0.2, -0.15) is 13.2 Å². The second kappa shape index (κ2) is 6.56. The van der Waals surface area contributed by atoms with Crippen LogP contribution >= 0.6 is 0 Å². The van der Waals surface area contributed by atoms with Crippen molar-refractivity contribution in [3.63, 3.8) is 0 Å². The Labute approximate surface area is 126 Å². The molecule has 0 spiro atoms. The van der Waals surface area contributed by atoms with Crippen molar-refractivity contribution in [1.82, 2.24) is 4.90 Å². The SMILES string of the molecule is CCOC[C@@H]1CCN(C(=O)c2cc(O)cc(C(F)(F)F)c2)C1. The molecule has 0 unspecified atom stereocenters. The van der Waals surface area contributed by atoms with E-state index >= 15 is 0 Å². The molecule has 1 aromatic carbocycles. The number of benzene rings is 1. The highest BCUT2D eigenvalue weighted by Crippen LogP contribution is 2.33. The molecule has 1 amide bonds. The van der Waals surface area contributed by atoms with Gasteiger partial charge < -0.3 is 14.7 Å². The number of carbonyl (C=O) groups is 1. The van der Waals surface area contributed by atoms with E-state index in [9.17, 15) is 23.1 Å². The first-order valence-corrected chi connectivity index (χ1v) is 7.09. The van der Waals surface area contributed by atoms with Crippen LogP contribution in [-0.4, -0.2) is 42.2 Å². The highest BCUT2D eigenvalue weighted by molar-refractivity contribution is 5.95. The summed E-state index contributed by atoms with van der Waals surface area (Å²) in [5, 5.41) is 9.43. The van der Waals surface area contributed by atoms with E-state index in [0.717, 1.165) is 18.6 Å². The second-order valence-electron chi connectivity index (χ2n) is 5.33. The van der Waals surface area contributed by atoms with Gasteiger partial charge in [-0.05, 0) is 31.5 Å². The summed E-state index contributed by atoms with van der Waals surface area (Å²) in [6.45, 7) is 3.94. The number of aromatic hydroxyl groups is 1. The van der Waals surface area contributed by atoms with Gasteiger partial charge in [0.15, 0.2) is 0 Å². The molecule has 1 heterocycles. The van der Waals surface area contributed by atoms with E-state index in [2.05, 4.69) is 0 Å². The van der Waals surface area contributed by atoms with Crippen molar-refractivity contribution in [3.8, 4) is 5.75 Å². The zero-order chi connectivity index (χ0) is 16.3. The number of phenolic OH excluding ortho intramolecular Hbond substituents is 1. The first-order valence-electron chi connectivity index (χ1n) is 7.09. The van der Waals surface area contributed by atoms with E-state index in [1.165, 1.54) is 4.90 Å². The van der Waals surface area contributed by atoms with Gasteiger partial charge in [-0.25, -0.2) is 0 Å². The molecule has 0 saturated carbocycles. The Morgan fingerprint density at radius 3 is 2.77 bits per heavy atom. The summed E-state index contributed by atoms with van der Waals surface area (Å²) >= 11 is 0. The fourth-order valence-electron chi connectivity index (χ4n) is 2.52. The van der Waals surface area contributed by atoms with Gasteiger partial charge in [-0.15, -0.1) is 0 Å². The molecule has 0 bridgehead atoms. The molecular weight excluding hydrogens is 299 g/mol. The molecule has 1 atom stereocenters. The molecule has 1 fully saturated rings. The number of halogens is 3. The van der Waals surface area contributed by atoms with Crippen molar-refractivity contribution < 1.29 is 27.8 Å². The maximum atomic E-state index is 12.7. The van der Waals surface area contributed by atoms with Crippen LogP contribution in [-0.2, 0) is 10.9 Å². The minimum atomic E-state index is -4.60. The van der Waals surface area contributed by atoms with Crippen LogP contribution in [0.3, 0.4) is 0 Å². The first-order chi connectivity index (χ1) is 10.3. The highest BCUT2D eigenvalue weighted by atomic mass is 19.4. The van der Waals surface area contributed by atoms with E-state index in [1.54, 1.807) is 0 Å². The Hall–Kier alpha value is -1.76. The molecule has 22 heavy (non-hydrogen) atoms. The van der Waals surface area contributed by atoms with E-state index in [1.807, 2.05) is 6.92 Å². The summed E-state index contributed by atoms with van der Waals surface area (Å²) in [6, 6.07) is 2.45. The lowest BCUT2D eigenvalue weighted by atomic mass is 10.1. The molecule has 1 saturated heterocycles.